The Morgan fingerprint density at radius 2 is 0.955 bits per heavy atom. The number of phosphoric acid groups is 1. The van der Waals surface area contributed by atoms with E-state index in [9.17, 15) is 13.7 Å². The van der Waals surface area contributed by atoms with E-state index < -0.39 is 23.7 Å². The van der Waals surface area contributed by atoms with Crippen LogP contribution in [0.5, 0.6) is 0 Å². The van der Waals surface area contributed by atoms with Crippen LogP contribution >= 0.6 is 23.7 Å². The topological polar surface area (TPSA) is 116 Å². The summed E-state index contributed by atoms with van der Waals surface area (Å²) in [5, 5.41) is 0. The first-order chi connectivity index (χ1) is 9.61. The Labute approximate surface area is 157 Å². The molecule has 0 bridgehead atoms. The Kier molecular flexibility index (Phi) is 26.8. The molecule has 0 aliphatic carbocycles. The third-order valence-corrected chi connectivity index (χ3v) is 5.00. The van der Waals surface area contributed by atoms with Gasteiger partial charge in [0.25, 0.3) is 0 Å². The van der Waals surface area contributed by atoms with Crippen molar-refractivity contribution in [1.82, 2.24) is 0 Å². The van der Waals surface area contributed by atoms with Crippen LogP contribution in [0.4, 0.5) is 0 Å². The molecule has 0 fully saturated rings. The van der Waals surface area contributed by atoms with E-state index in [1.807, 2.05) is 0 Å². The van der Waals surface area contributed by atoms with E-state index in [4.69, 9.17) is 0 Å². The van der Waals surface area contributed by atoms with Crippen molar-refractivity contribution in [3.8, 4) is 0 Å². The van der Waals surface area contributed by atoms with Crippen molar-refractivity contribution in [2.24, 2.45) is 0 Å². The summed E-state index contributed by atoms with van der Waals surface area (Å²) in [5.41, 5.74) is 0. The van der Waals surface area contributed by atoms with Crippen molar-refractivity contribution in [3.63, 3.8) is 0 Å². The van der Waals surface area contributed by atoms with Crippen LogP contribution in [0.3, 0.4) is 0 Å². The average Bonchev–Trinajstić information content (AvgIpc) is 2.54. The molecule has 0 aromatic rings. The molecule has 0 aromatic carbocycles. The molecule has 22 heavy (non-hydrogen) atoms. The first-order valence-corrected chi connectivity index (χ1v) is 9.87. The van der Waals surface area contributed by atoms with Gasteiger partial charge in [-0.05, 0) is 0 Å². The SMILES string of the molecule is COP(=O)(OC)OC.COP(C)(=O)OC.CO[PH](=O)OC.[Y]. The van der Waals surface area contributed by atoms with E-state index in [0.717, 1.165) is 0 Å². The quantitative estimate of drug-likeness (QED) is 0.522. The molecule has 0 N–H and O–H groups in total. The molecule has 0 aliphatic rings. The van der Waals surface area contributed by atoms with E-state index in [-0.39, 0.29) is 32.7 Å². The second-order valence-electron chi connectivity index (χ2n) is 2.79. The maximum atomic E-state index is 10.7. The summed E-state index contributed by atoms with van der Waals surface area (Å²) in [6, 6.07) is 0. The van der Waals surface area contributed by atoms with Crippen molar-refractivity contribution in [2.75, 3.05) is 56.4 Å². The minimum Gasteiger partial charge on any atom is -0.314 e. The Hall–Kier alpha value is 1.51. The maximum Gasteiger partial charge on any atom is 0.473 e. The van der Waals surface area contributed by atoms with Crippen molar-refractivity contribution >= 4 is 23.7 Å². The molecule has 0 unspecified atom stereocenters. The maximum absolute atomic E-state index is 10.7. The van der Waals surface area contributed by atoms with Gasteiger partial charge in [-0.25, -0.2) is 4.57 Å². The van der Waals surface area contributed by atoms with Crippen molar-refractivity contribution < 1.29 is 78.1 Å². The second-order valence-corrected chi connectivity index (χ2v) is 8.37. The molecule has 1 radical (unpaired) electrons. The summed E-state index contributed by atoms with van der Waals surface area (Å²) < 4.78 is 61.4. The summed E-state index contributed by atoms with van der Waals surface area (Å²) in [6.45, 7) is 1.41. The van der Waals surface area contributed by atoms with Gasteiger partial charge in [-0.2, -0.15) is 0 Å². The van der Waals surface area contributed by atoms with Crippen molar-refractivity contribution in [2.45, 2.75) is 0 Å². The summed E-state index contributed by atoms with van der Waals surface area (Å²) in [5.74, 6) is 0. The monoisotopic (exact) mass is 463 g/mol. The van der Waals surface area contributed by atoms with Gasteiger partial charge in [0.1, 0.15) is 0 Å². The number of hydrogen-bond acceptors (Lipinski definition) is 10. The Balaban J connectivity index is -0.000000109. The molecule has 0 saturated heterocycles. The van der Waals surface area contributed by atoms with Crippen molar-refractivity contribution in [1.29, 1.82) is 0 Å². The van der Waals surface area contributed by atoms with Crippen LogP contribution in [0, 0.1) is 0 Å². The molecule has 0 spiro atoms. The fourth-order valence-electron chi connectivity index (χ4n) is 0.381. The van der Waals surface area contributed by atoms with Gasteiger partial charge in [0.15, 0.2) is 0 Å². The van der Waals surface area contributed by atoms with Crippen LogP contribution in [0.25, 0.3) is 0 Å². The zero-order valence-corrected chi connectivity index (χ0v) is 19.7. The van der Waals surface area contributed by atoms with Gasteiger partial charge in [0.2, 0.25) is 0 Å². The molecule has 14 heteroatoms. The molecule has 135 valence electrons. The predicted molar refractivity (Wildman–Crippen MR) is 79.2 cm³/mol. The summed E-state index contributed by atoms with van der Waals surface area (Å²) >= 11 is 0. The minimum atomic E-state index is -3.16. The summed E-state index contributed by atoms with van der Waals surface area (Å²) in [6.07, 6.45) is 0. The molecular formula is C8H25O10P3Y. The van der Waals surface area contributed by atoms with E-state index >= 15 is 0 Å². The fourth-order valence-corrected chi connectivity index (χ4v) is 1.14. The van der Waals surface area contributed by atoms with Crippen LogP contribution in [-0.2, 0) is 78.1 Å². The smallest absolute Gasteiger partial charge is 0.314 e. The average molecular weight is 463 g/mol. The van der Waals surface area contributed by atoms with Gasteiger partial charge in [0.05, 0.1) is 0 Å². The first kappa shape index (κ1) is 31.3. The van der Waals surface area contributed by atoms with Crippen LogP contribution in [-0.4, -0.2) is 56.4 Å². The molecule has 0 heterocycles. The molecular weight excluding hydrogens is 438 g/mol. The third kappa shape index (κ3) is 21.5. The second kappa shape index (κ2) is 18.8. The van der Waals surface area contributed by atoms with Crippen LogP contribution < -0.4 is 0 Å². The van der Waals surface area contributed by atoms with Gasteiger partial charge in [-0.1, -0.05) is 0 Å². The molecule has 0 rings (SSSR count). The standard InChI is InChI=1S/C3H9O4P.C3H9O3P.C2H7O3P.Y/c1-5-8(4,6-2)7-3;1-5-7(3,4)6-2;1-4-6(3)5-2;/h1-3H3;1-3H3;6H,1-2H3;. The minimum absolute atomic E-state index is 0. The zero-order chi connectivity index (χ0) is 17.5. The number of rotatable bonds is 7. The fraction of sp³-hybridized carbons (Fsp3) is 1.00. The predicted octanol–water partition coefficient (Wildman–Crippen LogP) is 2.80. The Morgan fingerprint density at radius 1 is 0.682 bits per heavy atom. The number of phosphoric ester groups is 1. The number of hydrogen-bond donors (Lipinski definition) is 0. The van der Waals surface area contributed by atoms with Crippen molar-refractivity contribution in [3.05, 3.63) is 0 Å². The van der Waals surface area contributed by atoms with E-state index in [1.54, 1.807) is 0 Å². The van der Waals surface area contributed by atoms with E-state index in [0.29, 0.717) is 0 Å². The normalized spacial score (nSPS) is 10.8. The van der Waals surface area contributed by atoms with Gasteiger partial charge in [0, 0.05) is 89.1 Å². The molecule has 0 atom stereocenters. The van der Waals surface area contributed by atoms with Crippen LogP contribution in [0.1, 0.15) is 0 Å². The Bertz CT molecular complexity index is 320. The van der Waals surface area contributed by atoms with E-state index in [2.05, 4.69) is 31.7 Å². The summed E-state index contributed by atoms with van der Waals surface area (Å²) in [7, 11) is 1.22. The molecule has 0 saturated carbocycles. The van der Waals surface area contributed by atoms with Gasteiger partial charge >= 0.3 is 23.7 Å². The molecule has 10 nitrogen and oxygen atoms in total. The first-order valence-electron chi connectivity index (χ1n) is 5.20. The van der Waals surface area contributed by atoms with E-state index in [1.165, 1.54) is 56.4 Å². The molecule has 0 aromatic heterocycles. The molecule has 0 amide bonds. The third-order valence-electron chi connectivity index (χ3n) is 1.67. The van der Waals surface area contributed by atoms with Gasteiger partial charge in [-0.3, -0.25) is 22.7 Å². The van der Waals surface area contributed by atoms with Gasteiger partial charge in [-0.15, -0.1) is 0 Å². The summed E-state index contributed by atoms with van der Waals surface area (Å²) in [4.78, 5) is 0. The van der Waals surface area contributed by atoms with Crippen LogP contribution in [0.15, 0.2) is 0 Å². The molecule has 0 aliphatic heterocycles. The van der Waals surface area contributed by atoms with Crippen LogP contribution in [0.2, 0.25) is 0 Å². The van der Waals surface area contributed by atoms with Gasteiger partial charge < -0.3 is 18.1 Å². The largest absolute Gasteiger partial charge is 0.473 e. The zero-order valence-electron chi connectivity index (χ0n) is 14.1. The Morgan fingerprint density at radius 3 is 0.955 bits per heavy atom.